The Labute approximate surface area is 163 Å². The molecule has 0 radical (unpaired) electrons. The van der Waals surface area contributed by atoms with Crippen LogP contribution in [-0.4, -0.2) is 59.4 Å². The summed E-state index contributed by atoms with van der Waals surface area (Å²) >= 11 is 0. The minimum Gasteiger partial charge on any atom is -0.363 e. The molecule has 28 heavy (non-hydrogen) atoms. The number of aryl methyl sites for hydroxylation is 2. The van der Waals surface area contributed by atoms with E-state index in [9.17, 15) is 4.79 Å². The molecule has 1 amide bonds. The number of nitrogens with one attached hydrogen (secondary N) is 1. The van der Waals surface area contributed by atoms with Crippen molar-refractivity contribution in [3.05, 3.63) is 24.5 Å². The molecule has 1 saturated heterocycles. The molecule has 0 aliphatic carbocycles. The van der Waals surface area contributed by atoms with Crippen LogP contribution < -0.4 is 5.32 Å². The Morgan fingerprint density at radius 1 is 1.18 bits per heavy atom. The Balaban J connectivity index is 1.69. The van der Waals surface area contributed by atoms with Gasteiger partial charge in [0.05, 0.1) is 11.6 Å². The fraction of sp³-hybridized carbons (Fsp3) is 0.474. The van der Waals surface area contributed by atoms with Crippen molar-refractivity contribution in [1.82, 2.24) is 34.4 Å². The maximum absolute atomic E-state index is 12.2. The van der Waals surface area contributed by atoms with Gasteiger partial charge in [0.25, 0.3) is 0 Å². The zero-order valence-electron chi connectivity index (χ0n) is 16.4. The molecule has 0 spiro atoms. The molecule has 1 aliphatic rings. The number of aromatic nitrogens is 6. The molecule has 3 aromatic rings. The van der Waals surface area contributed by atoms with Crippen LogP contribution in [0.2, 0.25) is 0 Å². The van der Waals surface area contributed by atoms with Gasteiger partial charge in [-0.15, -0.1) is 0 Å². The average Bonchev–Trinajstić information content (AvgIpc) is 3.23. The number of carbonyl (C=O) groups is 1. The van der Waals surface area contributed by atoms with E-state index in [-0.39, 0.29) is 11.9 Å². The van der Waals surface area contributed by atoms with Crippen molar-refractivity contribution in [2.75, 3.05) is 18.4 Å². The first-order chi connectivity index (χ1) is 13.6. The van der Waals surface area contributed by atoms with Gasteiger partial charge in [-0.3, -0.25) is 4.79 Å². The van der Waals surface area contributed by atoms with Gasteiger partial charge in [-0.1, -0.05) is 6.92 Å². The highest BCUT2D eigenvalue weighted by Gasteiger charge is 2.30. The van der Waals surface area contributed by atoms with Gasteiger partial charge in [0.15, 0.2) is 17.0 Å². The lowest BCUT2D eigenvalue weighted by Gasteiger charge is -2.16. The van der Waals surface area contributed by atoms with Crippen LogP contribution in [0.4, 0.5) is 5.82 Å². The Morgan fingerprint density at radius 3 is 2.68 bits per heavy atom. The highest BCUT2D eigenvalue weighted by Crippen LogP contribution is 2.27. The van der Waals surface area contributed by atoms with Crippen LogP contribution in [0.3, 0.4) is 0 Å². The zero-order chi connectivity index (χ0) is 19.7. The first-order valence-electron chi connectivity index (χ1n) is 9.65. The monoisotopic (exact) mass is 380 g/mol. The molecule has 9 nitrogen and oxygen atoms in total. The second-order valence-electron chi connectivity index (χ2n) is 6.98. The maximum Gasteiger partial charge on any atom is 0.224 e. The minimum absolute atomic E-state index is 0.0232. The molecule has 4 heterocycles. The zero-order valence-corrected chi connectivity index (χ0v) is 16.4. The standard InChI is InChI=1S/C19H24N8O/c1-4-6-26-10-14(7-15(26)28)24-17-16-19(23-11-22-17)27(5-2)18(25-16)13-8-20-12(3)21-9-13/h8-9,11,14H,4-7,10H2,1-3H3,(H,22,23,24). The summed E-state index contributed by atoms with van der Waals surface area (Å²) in [6, 6.07) is 0.0232. The summed E-state index contributed by atoms with van der Waals surface area (Å²) in [5.74, 6) is 2.31. The summed E-state index contributed by atoms with van der Waals surface area (Å²) in [7, 11) is 0. The van der Waals surface area contributed by atoms with E-state index >= 15 is 0 Å². The second-order valence-corrected chi connectivity index (χ2v) is 6.98. The van der Waals surface area contributed by atoms with Crippen molar-refractivity contribution in [2.24, 2.45) is 0 Å². The number of likely N-dealkylation sites (tertiary alicyclic amines) is 1. The number of anilines is 1. The van der Waals surface area contributed by atoms with Gasteiger partial charge in [0.2, 0.25) is 5.91 Å². The van der Waals surface area contributed by atoms with Gasteiger partial charge in [-0.05, 0) is 20.3 Å². The van der Waals surface area contributed by atoms with Crippen molar-refractivity contribution in [3.8, 4) is 11.4 Å². The number of fused-ring (bicyclic) bond motifs is 1. The Bertz CT molecular complexity index is 997. The number of amides is 1. The molecule has 1 atom stereocenters. The van der Waals surface area contributed by atoms with E-state index in [1.807, 2.05) is 23.3 Å². The molecular weight excluding hydrogens is 356 g/mol. The van der Waals surface area contributed by atoms with Crippen LogP contribution in [-0.2, 0) is 11.3 Å². The number of rotatable bonds is 6. The third kappa shape index (κ3) is 3.28. The van der Waals surface area contributed by atoms with Crippen molar-refractivity contribution >= 4 is 22.9 Å². The number of nitrogens with zero attached hydrogens (tertiary/aromatic N) is 7. The van der Waals surface area contributed by atoms with Gasteiger partial charge in [0, 0.05) is 38.4 Å². The molecule has 1 unspecified atom stereocenters. The molecule has 0 bridgehead atoms. The summed E-state index contributed by atoms with van der Waals surface area (Å²) in [6.07, 6.45) is 6.51. The SMILES string of the molecule is CCCN1CC(Nc2ncnc3c2nc(-c2cnc(C)nc2)n3CC)CC1=O. The summed E-state index contributed by atoms with van der Waals surface area (Å²) in [5, 5.41) is 3.41. The van der Waals surface area contributed by atoms with Crippen molar-refractivity contribution in [3.63, 3.8) is 0 Å². The fourth-order valence-electron chi connectivity index (χ4n) is 3.62. The first kappa shape index (κ1) is 18.3. The van der Waals surface area contributed by atoms with Crippen LogP contribution >= 0.6 is 0 Å². The van der Waals surface area contributed by atoms with Crippen LogP contribution in [0.1, 0.15) is 32.5 Å². The quantitative estimate of drug-likeness (QED) is 0.698. The lowest BCUT2D eigenvalue weighted by atomic mass is 10.2. The van der Waals surface area contributed by atoms with Crippen molar-refractivity contribution < 1.29 is 4.79 Å². The Morgan fingerprint density at radius 2 is 1.96 bits per heavy atom. The lowest BCUT2D eigenvalue weighted by molar-refractivity contribution is -0.127. The Kier molecular flexibility index (Phi) is 4.89. The smallest absolute Gasteiger partial charge is 0.224 e. The van der Waals surface area contributed by atoms with Gasteiger partial charge in [0.1, 0.15) is 18.0 Å². The number of carbonyl (C=O) groups excluding carboxylic acids is 1. The average molecular weight is 380 g/mol. The van der Waals surface area contributed by atoms with E-state index in [0.717, 1.165) is 30.0 Å². The third-order valence-corrected chi connectivity index (χ3v) is 4.94. The van der Waals surface area contributed by atoms with Crippen LogP contribution in [0.5, 0.6) is 0 Å². The number of hydrogen-bond donors (Lipinski definition) is 1. The molecule has 9 heteroatoms. The molecule has 0 aromatic carbocycles. The predicted molar refractivity (Wildman–Crippen MR) is 106 cm³/mol. The third-order valence-electron chi connectivity index (χ3n) is 4.94. The highest BCUT2D eigenvalue weighted by atomic mass is 16.2. The van der Waals surface area contributed by atoms with E-state index in [2.05, 4.69) is 32.2 Å². The topological polar surface area (TPSA) is 102 Å². The molecular formula is C19H24N8O. The van der Waals surface area contributed by atoms with E-state index in [1.165, 1.54) is 6.33 Å². The van der Waals surface area contributed by atoms with Crippen molar-refractivity contribution in [1.29, 1.82) is 0 Å². The van der Waals surface area contributed by atoms with E-state index < -0.39 is 0 Å². The largest absolute Gasteiger partial charge is 0.363 e. The van der Waals surface area contributed by atoms with Gasteiger partial charge in [-0.25, -0.2) is 24.9 Å². The minimum atomic E-state index is 0.0232. The molecule has 4 rings (SSSR count). The summed E-state index contributed by atoms with van der Waals surface area (Å²) in [6.45, 7) is 8.17. The summed E-state index contributed by atoms with van der Waals surface area (Å²) in [4.78, 5) is 36.3. The number of hydrogen-bond acceptors (Lipinski definition) is 7. The molecule has 146 valence electrons. The second kappa shape index (κ2) is 7.49. The normalized spacial score (nSPS) is 16.9. The molecule has 1 N–H and O–H groups in total. The summed E-state index contributed by atoms with van der Waals surface area (Å²) in [5.41, 5.74) is 2.29. The fourth-order valence-corrected chi connectivity index (χ4v) is 3.62. The van der Waals surface area contributed by atoms with Gasteiger partial charge < -0.3 is 14.8 Å². The summed E-state index contributed by atoms with van der Waals surface area (Å²) < 4.78 is 2.03. The predicted octanol–water partition coefficient (Wildman–Crippen LogP) is 2.03. The van der Waals surface area contributed by atoms with Gasteiger partial charge >= 0.3 is 0 Å². The van der Waals surface area contributed by atoms with Crippen LogP contribution in [0.25, 0.3) is 22.6 Å². The first-order valence-corrected chi connectivity index (χ1v) is 9.65. The lowest BCUT2D eigenvalue weighted by Crippen LogP contribution is -2.28. The Hall–Kier alpha value is -3.10. The molecule has 1 fully saturated rings. The molecule has 0 saturated carbocycles. The van der Waals surface area contributed by atoms with E-state index in [1.54, 1.807) is 12.4 Å². The van der Waals surface area contributed by atoms with E-state index in [0.29, 0.717) is 36.7 Å². The van der Waals surface area contributed by atoms with Gasteiger partial charge in [-0.2, -0.15) is 0 Å². The van der Waals surface area contributed by atoms with Crippen molar-refractivity contribution in [2.45, 2.75) is 46.2 Å². The number of imidazole rings is 1. The maximum atomic E-state index is 12.2. The van der Waals surface area contributed by atoms with Crippen LogP contribution in [0.15, 0.2) is 18.7 Å². The van der Waals surface area contributed by atoms with E-state index in [4.69, 9.17) is 4.98 Å². The molecule has 1 aliphatic heterocycles. The van der Waals surface area contributed by atoms with Crippen LogP contribution in [0, 0.1) is 6.92 Å². The molecule has 3 aromatic heterocycles. The highest BCUT2D eigenvalue weighted by molar-refractivity contribution is 5.87.